The Morgan fingerprint density at radius 2 is 1.62 bits per heavy atom. The van der Waals surface area contributed by atoms with E-state index in [1.54, 1.807) is 0 Å². The molecule has 0 saturated carbocycles. The zero-order chi connectivity index (χ0) is 18.3. The molecule has 0 aliphatic heterocycles. The number of hydrogen-bond donors (Lipinski definition) is 0. The molecule has 0 N–H and O–H groups in total. The van der Waals surface area contributed by atoms with Crippen molar-refractivity contribution in [2.45, 2.75) is 6.92 Å². The van der Waals surface area contributed by atoms with E-state index in [0.717, 1.165) is 15.6 Å². The summed E-state index contributed by atoms with van der Waals surface area (Å²) in [6.45, 7) is 1.83. The van der Waals surface area contributed by atoms with Gasteiger partial charge in [0.1, 0.15) is 16.9 Å². The third kappa shape index (κ3) is 2.93. The van der Waals surface area contributed by atoms with Gasteiger partial charge in [-0.3, -0.25) is 0 Å². The van der Waals surface area contributed by atoms with Gasteiger partial charge in [-0.2, -0.15) is 0 Å². The van der Waals surface area contributed by atoms with Crippen molar-refractivity contribution >= 4 is 44.0 Å². The van der Waals surface area contributed by atoms with Gasteiger partial charge < -0.3 is 4.74 Å². The summed E-state index contributed by atoms with van der Waals surface area (Å²) >= 11 is 3.50. The maximum Gasteiger partial charge on any atom is 0.343 e. The molecule has 3 aromatic carbocycles. The minimum atomic E-state index is -0.577. The summed E-state index contributed by atoms with van der Waals surface area (Å²) in [4.78, 5) is 21.7. The lowest BCUT2D eigenvalue weighted by molar-refractivity contribution is 0.0735. The van der Waals surface area contributed by atoms with Gasteiger partial charge in [0, 0.05) is 4.47 Å². The molecule has 0 unspecified atom stereocenters. The van der Waals surface area contributed by atoms with Gasteiger partial charge in [-0.15, -0.1) is 0 Å². The molecule has 1 aromatic heterocycles. The van der Waals surface area contributed by atoms with Crippen molar-refractivity contribution in [3.8, 4) is 5.75 Å². The van der Waals surface area contributed by atoms with Gasteiger partial charge in [-0.05, 0) is 70.9 Å². The van der Waals surface area contributed by atoms with Crippen LogP contribution in [0.15, 0.2) is 59.1 Å². The van der Waals surface area contributed by atoms with Gasteiger partial charge >= 0.3 is 5.97 Å². The van der Waals surface area contributed by atoms with Gasteiger partial charge in [0.05, 0.1) is 16.6 Å². The Balaban J connectivity index is 1.86. The first-order valence-corrected chi connectivity index (χ1v) is 8.65. The minimum Gasteiger partial charge on any atom is -0.420 e. The number of carbonyl (C=O) groups excluding carboxylic acids is 1. The van der Waals surface area contributed by atoms with Crippen molar-refractivity contribution in [3.63, 3.8) is 0 Å². The Hall–Kier alpha value is -2.86. The van der Waals surface area contributed by atoms with Gasteiger partial charge in [0.15, 0.2) is 5.75 Å². The van der Waals surface area contributed by atoms with Gasteiger partial charge in [0.2, 0.25) is 0 Å². The number of halogens is 2. The molecule has 6 heteroatoms. The van der Waals surface area contributed by atoms with Crippen LogP contribution < -0.4 is 4.74 Å². The third-order valence-electron chi connectivity index (χ3n) is 3.99. The first-order valence-electron chi connectivity index (χ1n) is 7.86. The summed E-state index contributed by atoms with van der Waals surface area (Å²) in [7, 11) is 0. The standard InChI is InChI=1S/C20H12BrFN2O2/c1-11-10-14(21)17-18(24-16-5-3-2-4-15(16)23-17)19(11)26-20(25)12-6-8-13(22)9-7-12/h2-10H,1H3. The van der Waals surface area contributed by atoms with E-state index in [1.807, 2.05) is 37.3 Å². The Labute approximate surface area is 156 Å². The summed E-state index contributed by atoms with van der Waals surface area (Å²) < 4.78 is 19.4. The Bertz CT molecular complexity index is 1160. The first-order chi connectivity index (χ1) is 12.5. The lowest BCUT2D eigenvalue weighted by Gasteiger charge is -2.12. The van der Waals surface area contributed by atoms with Crippen LogP contribution in [0.25, 0.3) is 22.1 Å². The van der Waals surface area contributed by atoms with Crippen LogP contribution in [0.5, 0.6) is 5.75 Å². The highest BCUT2D eigenvalue weighted by Gasteiger charge is 2.18. The van der Waals surface area contributed by atoms with Crippen LogP contribution in [0.1, 0.15) is 15.9 Å². The molecule has 0 aliphatic carbocycles. The molecule has 0 atom stereocenters. The molecule has 0 radical (unpaired) electrons. The predicted molar refractivity (Wildman–Crippen MR) is 101 cm³/mol. The number of benzene rings is 3. The first kappa shape index (κ1) is 16.6. The molecule has 0 bridgehead atoms. The molecule has 0 saturated heterocycles. The molecule has 4 aromatic rings. The Morgan fingerprint density at radius 1 is 1.00 bits per heavy atom. The normalized spacial score (nSPS) is 11.0. The van der Waals surface area contributed by atoms with Crippen molar-refractivity contribution in [2.75, 3.05) is 0 Å². The number of para-hydroxylation sites is 2. The lowest BCUT2D eigenvalue weighted by Crippen LogP contribution is -2.10. The van der Waals surface area contributed by atoms with E-state index in [-0.39, 0.29) is 5.56 Å². The molecule has 0 fully saturated rings. The maximum atomic E-state index is 13.1. The monoisotopic (exact) mass is 410 g/mol. The van der Waals surface area contributed by atoms with E-state index in [9.17, 15) is 9.18 Å². The second kappa shape index (κ2) is 6.46. The molecular formula is C20H12BrFN2O2. The summed E-state index contributed by atoms with van der Waals surface area (Å²) in [5.41, 5.74) is 3.55. The molecule has 4 nitrogen and oxygen atoms in total. The summed E-state index contributed by atoms with van der Waals surface area (Å²) in [6, 6.07) is 14.5. The van der Waals surface area contributed by atoms with Gasteiger partial charge in [-0.25, -0.2) is 19.2 Å². The minimum absolute atomic E-state index is 0.260. The number of hydrogen-bond acceptors (Lipinski definition) is 4. The van der Waals surface area contributed by atoms with E-state index in [1.165, 1.54) is 24.3 Å². The highest BCUT2D eigenvalue weighted by Crippen LogP contribution is 2.34. The second-order valence-corrected chi connectivity index (χ2v) is 6.66. The van der Waals surface area contributed by atoms with E-state index >= 15 is 0 Å². The fraction of sp³-hybridized carbons (Fsp3) is 0.0500. The molecular weight excluding hydrogens is 399 g/mol. The molecule has 128 valence electrons. The highest BCUT2D eigenvalue weighted by atomic mass is 79.9. The number of rotatable bonds is 2. The SMILES string of the molecule is Cc1cc(Br)c2nc3ccccc3nc2c1OC(=O)c1ccc(F)cc1. The molecule has 4 rings (SSSR count). The Morgan fingerprint density at radius 3 is 2.27 bits per heavy atom. The summed E-state index contributed by atoms with van der Waals surface area (Å²) in [5.74, 6) is -0.647. The fourth-order valence-electron chi connectivity index (χ4n) is 2.70. The smallest absolute Gasteiger partial charge is 0.343 e. The number of nitrogens with zero attached hydrogens (tertiary/aromatic N) is 2. The molecule has 0 aliphatic rings. The average Bonchev–Trinajstić information content (AvgIpc) is 2.64. The van der Waals surface area contributed by atoms with Crippen LogP contribution in [-0.2, 0) is 0 Å². The van der Waals surface area contributed by atoms with Crippen molar-refractivity contribution in [3.05, 3.63) is 76.0 Å². The summed E-state index contributed by atoms with van der Waals surface area (Å²) in [5, 5.41) is 0. The average molecular weight is 411 g/mol. The van der Waals surface area contributed by atoms with Crippen LogP contribution in [0.4, 0.5) is 4.39 Å². The van der Waals surface area contributed by atoms with Crippen molar-refractivity contribution in [1.82, 2.24) is 9.97 Å². The molecule has 0 amide bonds. The van der Waals surface area contributed by atoms with Crippen LogP contribution in [0.2, 0.25) is 0 Å². The Kier molecular flexibility index (Phi) is 4.12. The zero-order valence-electron chi connectivity index (χ0n) is 13.7. The van der Waals surface area contributed by atoms with Crippen molar-refractivity contribution in [1.29, 1.82) is 0 Å². The van der Waals surface area contributed by atoms with Crippen LogP contribution >= 0.6 is 15.9 Å². The molecule has 1 heterocycles. The van der Waals surface area contributed by atoms with E-state index in [2.05, 4.69) is 25.9 Å². The van der Waals surface area contributed by atoms with Gasteiger partial charge in [0.25, 0.3) is 0 Å². The quantitative estimate of drug-likeness (QED) is 0.258. The highest BCUT2D eigenvalue weighted by molar-refractivity contribution is 9.10. The predicted octanol–water partition coefficient (Wildman–Crippen LogP) is 5.21. The number of aromatic nitrogens is 2. The van der Waals surface area contributed by atoms with E-state index in [4.69, 9.17) is 4.74 Å². The third-order valence-corrected chi connectivity index (χ3v) is 4.59. The van der Waals surface area contributed by atoms with Crippen LogP contribution in [-0.4, -0.2) is 15.9 Å². The maximum absolute atomic E-state index is 13.1. The second-order valence-electron chi connectivity index (χ2n) is 5.81. The number of aryl methyl sites for hydroxylation is 1. The largest absolute Gasteiger partial charge is 0.420 e. The van der Waals surface area contributed by atoms with Crippen molar-refractivity contribution in [2.24, 2.45) is 0 Å². The topological polar surface area (TPSA) is 52.1 Å². The molecule has 0 spiro atoms. The molecule has 26 heavy (non-hydrogen) atoms. The van der Waals surface area contributed by atoms with Crippen LogP contribution in [0.3, 0.4) is 0 Å². The van der Waals surface area contributed by atoms with Gasteiger partial charge in [-0.1, -0.05) is 12.1 Å². The van der Waals surface area contributed by atoms with Crippen LogP contribution in [0, 0.1) is 12.7 Å². The summed E-state index contributed by atoms with van der Waals surface area (Å²) in [6.07, 6.45) is 0. The zero-order valence-corrected chi connectivity index (χ0v) is 15.2. The number of carbonyl (C=O) groups is 1. The number of esters is 1. The fourth-order valence-corrected chi connectivity index (χ4v) is 3.32. The number of fused-ring (bicyclic) bond motifs is 2. The number of ether oxygens (including phenoxy) is 1. The van der Waals surface area contributed by atoms with E-state index < -0.39 is 11.8 Å². The lowest BCUT2D eigenvalue weighted by atomic mass is 10.1. The van der Waals surface area contributed by atoms with E-state index in [0.29, 0.717) is 22.3 Å². The van der Waals surface area contributed by atoms with Crippen molar-refractivity contribution < 1.29 is 13.9 Å².